The fraction of sp³-hybridized carbons (Fsp3) is 0.143. The number of rotatable bonds is 2. The summed E-state index contributed by atoms with van der Waals surface area (Å²) in [6.45, 7) is 3.98. The maximum Gasteiger partial charge on any atom is 0.123 e. The molecule has 2 N–H and O–H groups in total. The smallest absolute Gasteiger partial charge is 0.123 e. The van der Waals surface area contributed by atoms with Crippen molar-refractivity contribution < 1.29 is 0 Å². The van der Waals surface area contributed by atoms with Gasteiger partial charge in [0.2, 0.25) is 0 Å². The lowest BCUT2D eigenvalue weighted by molar-refractivity contribution is 1.07. The summed E-state index contributed by atoms with van der Waals surface area (Å²) >= 11 is 0. The van der Waals surface area contributed by atoms with Gasteiger partial charge in [0.25, 0.3) is 0 Å². The van der Waals surface area contributed by atoms with Gasteiger partial charge in [0.1, 0.15) is 5.82 Å². The molecule has 0 amide bonds. The molecule has 0 fully saturated rings. The third kappa shape index (κ3) is 1.55. The maximum absolute atomic E-state index is 5.42. The summed E-state index contributed by atoms with van der Waals surface area (Å²) in [5.74, 6) is 0.529. The highest BCUT2D eigenvalue weighted by Crippen LogP contribution is 2.03. The predicted octanol–water partition coefficient (Wildman–Crippen LogP) is 0.864. The summed E-state index contributed by atoms with van der Waals surface area (Å²) in [5.41, 5.74) is 6.46. The average Bonchev–Trinajstić information content (AvgIpc) is 1.88. The van der Waals surface area contributed by atoms with Crippen molar-refractivity contribution in [3.63, 3.8) is 0 Å². The van der Waals surface area contributed by atoms with E-state index < -0.39 is 0 Å². The van der Waals surface area contributed by atoms with Crippen molar-refractivity contribution in [3.8, 4) is 0 Å². The molecule has 0 atom stereocenters. The Bertz CT molecular complexity index is 232. The van der Waals surface area contributed by atoms with E-state index in [2.05, 4.69) is 16.7 Å². The number of pyridine rings is 1. The van der Waals surface area contributed by atoms with E-state index in [-0.39, 0.29) is 0 Å². The predicted molar refractivity (Wildman–Crippen MR) is 41.9 cm³/mol. The molecule has 1 aromatic heterocycles. The molecule has 0 saturated carbocycles. The molecule has 1 aromatic rings. The van der Waals surface area contributed by atoms with E-state index in [1.54, 1.807) is 12.3 Å². The zero-order valence-electron chi connectivity index (χ0n) is 5.62. The highest BCUT2D eigenvalue weighted by atomic mass is 14.8. The summed E-state index contributed by atoms with van der Waals surface area (Å²) in [7, 11) is 0. The lowest BCUT2D eigenvalue weighted by Crippen LogP contribution is -1.90. The Hall–Kier alpha value is -1.38. The molecule has 0 unspecified atom stereocenters. The molecule has 1 rings (SSSR count). The summed E-state index contributed by atoms with van der Waals surface area (Å²) in [6, 6.07) is 3.65. The first-order valence-corrected chi connectivity index (χ1v) is 2.96. The number of hydrogen-bond acceptors (Lipinski definition) is 3. The van der Waals surface area contributed by atoms with E-state index >= 15 is 0 Å². The normalized spacial score (nSPS) is 9.20. The fourth-order valence-electron chi connectivity index (χ4n) is 0.722. The summed E-state index contributed by atoms with van der Waals surface area (Å²) < 4.78 is 0. The summed E-state index contributed by atoms with van der Waals surface area (Å²) in [4.78, 5) is 7.55. The fourth-order valence-corrected chi connectivity index (χ4v) is 0.722. The first kappa shape index (κ1) is 6.74. The zero-order valence-corrected chi connectivity index (χ0v) is 5.62. The number of anilines is 1. The lowest BCUT2D eigenvalue weighted by Gasteiger charge is -1.95. The summed E-state index contributed by atoms with van der Waals surface area (Å²) in [6.07, 6.45) is 1.66. The van der Waals surface area contributed by atoms with Crippen LogP contribution in [0.1, 0.15) is 5.56 Å². The van der Waals surface area contributed by atoms with Gasteiger partial charge in [-0.2, -0.15) is 0 Å². The highest BCUT2D eigenvalue weighted by Gasteiger charge is 1.89. The van der Waals surface area contributed by atoms with Crippen molar-refractivity contribution in [2.24, 2.45) is 4.99 Å². The van der Waals surface area contributed by atoms with Crippen LogP contribution in [-0.4, -0.2) is 11.7 Å². The minimum absolute atomic E-state index is 0.529. The van der Waals surface area contributed by atoms with Crippen molar-refractivity contribution >= 4 is 12.5 Å². The molecule has 0 aliphatic carbocycles. The second-order valence-electron chi connectivity index (χ2n) is 1.97. The van der Waals surface area contributed by atoms with E-state index in [1.807, 2.05) is 6.07 Å². The number of nitrogens with zero attached hydrogens (tertiary/aromatic N) is 2. The zero-order chi connectivity index (χ0) is 7.40. The van der Waals surface area contributed by atoms with Crippen LogP contribution in [0, 0.1) is 0 Å². The van der Waals surface area contributed by atoms with Crippen LogP contribution in [0.4, 0.5) is 5.82 Å². The van der Waals surface area contributed by atoms with Crippen LogP contribution in [-0.2, 0) is 6.54 Å². The highest BCUT2D eigenvalue weighted by molar-refractivity contribution is 5.33. The molecule has 52 valence electrons. The van der Waals surface area contributed by atoms with Gasteiger partial charge in [-0.05, 0) is 24.4 Å². The van der Waals surface area contributed by atoms with Gasteiger partial charge in [-0.1, -0.05) is 0 Å². The van der Waals surface area contributed by atoms with Gasteiger partial charge in [-0.15, -0.1) is 0 Å². The van der Waals surface area contributed by atoms with E-state index in [1.165, 1.54) is 0 Å². The number of aromatic nitrogens is 1. The van der Waals surface area contributed by atoms with Crippen molar-refractivity contribution in [3.05, 3.63) is 23.9 Å². The topological polar surface area (TPSA) is 51.3 Å². The Morgan fingerprint density at radius 2 is 2.50 bits per heavy atom. The van der Waals surface area contributed by atoms with Crippen LogP contribution >= 0.6 is 0 Å². The standard InChI is InChI=1S/C7H9N3/c1-9-5-6-2-3-10-7(8)4-6/h2-4H,1,5H2,(H2,8,10). The van der Waals surface area contributed by atoms with Crippen molar-refractivity contribution in [1.82, 2.24) is 4.98 Å². The molecule has 0 saturated heterocycles. The van der Waals surface area contributed by atoms with Gasteiger partial charge < -0.3 is 5.73 Å². The first-order chi connectivity index (χ1) is 4.83. The molecular weight excluding hydrogens is 126 g/mol. The van der Waals surface area contributed by atoms with Crippen LogP contribution in [0.25, 0.3) is 0 Å². The SMILES string of the molecule is C=NCc1ccnc(N)c1. The second-order valence-corrected chi connectivity index (χ2v) is 1.97. The molecule has 0 radical (unpaired) electrons. The molecule has 3 heteroatoms. The quantitative estimate of drug-likeness (QED) is 0.611. The Morgan fingerprint density at radius 3 is 3.10 bits per heavy atom. The molecule has 1 heterocycles. The minimum atomic E-state index is 0.529. The van der Waals surface area contributed by atoms with Crippen LogP contribution < -0.4 is 5.73 Å². The molecule has 0 bridgehead atoms. The van der Waals surface area contributed by atoms with E-state index in [0.29, 0.717) is 12.4 Å². The second kappa shape index (κ2) is 2.96. The van der Waals surface area contributed by atoms with Crippen molar-refractivity contribution in [1.29, 1.82) is 0 Å². The van der Waals surface area contributed by atoms with E-state index in [0.717, 1.165) is 5.56 Å². The van der Waals surface area contributed by atoms with Crippen molar-refractivity contribution in [2.45, 2.75) is 6.54 Å². The molecule has 10 heavy (non-hydrogen) atoms. The molecule has 0 aromatic carbocycles. The van der Waals surface area contributed by atoms with Gasteiger partial charge in [0, 0.05) is 6.20 Å². The Labute approximate surface area is 59.6 Å². The number of hydrogen-bond donors (Lipinski definition) is 1. The maximum atomic E-state index is 5.42. The lowest BCUT2D eigenvalue weighted by atomic mass is 10.3. The van der Waals surface area contributed by atoms with Crippen LogP contribution in [0.5, 0.6) is 0 Å². The Kier molecular flexibility index (Phi) is 1.99. The largest absolute Gasteiger partial charge is 0.384 e. The Balaban J connectivity index is 2.84. The third-order valence-corrected chi connectivity index (χ3v) is 1.14. The van der Waals surface area contributed by atoms with E-state index in [9.17, 15) is 0 Å². The van der Waals surface area contributed by atoms with Gasteiger partial charge in [0.05, 0.1) is 6.54 Å². The Morgan fingerprint density at radius 1 is 1.70 bits per heavy atom. The van der Waals surface area contributed by atoms with E-state index in [4.69, 9.17) is 5.73 Å². The third-order valence-electron chi connectivity index (χ3n) is 1.14. The molecule has 3 nitrogen and oxygen atoms in total. The van der Waals surface area contributed by atoms with Gasteiger partial charge in [0.15, 0.2) is 0 Å². The number of nitrogens with two attached hydrogens (primary N) is 1. The minimum Gasteiger partial charge on any atom is -0.384 e. The molecular formula is C7H9N3. The average molecular weight is 135 g/mol. The molecule has 0 aliphatic heterocycles. The van der Waals surface area contributed by atoms with Crippen LogP contribution in [0.2, 0.25) is 0 Å². The van der Waals surface area contributed by atoms with Gasteiger partial charge in [-0.3, -0.25) is 4.99 Å². The van der Waals surface area contributed by atoms with Crippen molar-refractivity contribution in [2.75, 3.05) is 5.73 Å². The monoisotopic (exact) mass is 135 g/mol. The number of aliphatic imine (C=N–C) groups is 1. The molecule has 0 aliphatic rings. The number of nitrogen functional groups attached to an aromatic ring is 1. The van der Waals surface area contributed by atoms with Crippen LogP contribution in [0.15, 0.2) is 23.3 Å². The van der Waals surface area contributed by atoms with Gasteiger partial charge >= 0.3 is 0 Å². The van der Waals surface area contributed by atoms with Crippen LogP contribution in [0.3, 0.4) is 0 Å². The molecule has 0 spiro atoms. The van der Waals surface area contributed by atoms with Gasteiger partial charge in [-0.25, -0.2) is 4.98 Å². The summed E-state index contributed by atoms with van der Waals surface area (Å²) in [5, 5.41) is 0. The first-order valence-electron chi connectivity index (χ1n) is 2.96.